The van der Waals surface area contributed by atoms with E-state index in [0.717, 1.165) is 5.57 Å². The molecule has 1 aromatic rings. The standard InChI is InChI=1S/C11H10Br4O2/c1-4(2)5(3)17-11-8(14)6(12)10(16)7(13)9(11)15/h5,16H,1H2,2-3H3. The van der Waals surface area contributed by atoms with Gasteiger partial charge in [0.05, 0.1) is 17.9 Å². The van der Waals surface area contributed by atoms with Gasteiger partial charge in [-0.2, -0.15) is 0 Å². The molecule has 1 unspecified atom stereocenters. The lowest BCUT2D eigenvalue weighted by molar-refractivity contribution is 0.254. The number of aromatic hydroxyl groups is 1. The molecule has 0 aliphatic rings. The summed E-state index contributed by atoms with van der Waals surface area (Å²) in [5, 5.41) is 9.81. The van der Waals surface area contributed by atoms with Crippen LogP contribution in [0.1, 0.15) is 13.8 Å². The van der Waals surface area contributed by atoms with Gasteiger partial charge in [-0.25, -0.2) is 0 Å². The first-order valence-corrected chi connectivity index (χ1v) is 7.81. The Morgan fingerprint density at radius 3 is 1.88 bits per heavy atom. The maximum absolute atomic E-state index is 9.81. The molecule has 2 nitrogen and oxygen atoms in total. The van der Waals surface area contributed by atoms with Crippen molar-refractivity contribution in [1.29, 1.82) is 0 Å². The predicted molar refractivity (Wildman–Crippen MR) is 83.8 cm³/mol. The molecule has 1 rings (SSSR count). The second-order valence-corrected chi connectivity index (χ2v) is 6.71. The Kier molecular flexibility index (Phi) is 5.56. The molecule has 0 aromatic heterocycles. The van der Waals surface area contributed by atoms with Crippen LogP contribution in [0.5, 0.6) is 11.5 Å². The molecule has 17 heavy (non-hydrogen) atoms. The Morgan fingerprint density at radius 2 is 1.53 bits per heavy atom. The van der Waals surface area contributed by atoms with E-state index in [1.54, 1.807) is 0 Å². The van der Waals surface area contributed by atoms with Crippen LogP contribution in [0.15, 0.2) is 30.0 Å². The molecule has 1 atom stereocenters. The van der Waals surface area contributed by atoms with Gasteiger partial charge in [0.25, 0.3) is 0 Å². The molecule has 0 saturated carbocycles. The van der Waals surface area contributed by atoms with Gasteiger partial charge in [-0.15, -0.1) is 0 Å². The zero-order valence-electron chi connectivity index (χ0n) is 9.15. The third-order valence-corrected chi connectivity index (χ3v) is 6.31. The van der Waals surface area contributed by atoms with Gasteiger partial charge in [0.2, 0.25) is 0 Å². The Balaban J connectivity index is 3.30. The van der Waals surface area contributed by atoms with Crippen LogP contribution in [0.25, 0.3) is 0 Å². The molecular formula is C11H10Br4O2. The number of phenols is 1. The third kappa shape index (κ3) is 3.28. The largest absolute Gasteiger partial charge is 0.505 e. The van der Waals surface area contributed by atoms with Crippen molar-refractivity contribution in [3.05, 3.63) is 30.0 Å². The maximum atomic E-state index is 9.81. The Hall–Kier alpha value is 0.480. The highest BCUT2D eigenvalue weighted by molar-refractivity contribution is 9.14. The van der Waals surface area contributed by atoms with Gasteiger partial charge in [0, 0.05) is 0 Å². The van der Waals surface area contributed by atoms with E-state index in [1.165, 1.54) is 0 Å². The summed E-state index contributed by atoms with van der Waals surface area (Å²) in [5.41, 5.74) is 0.920. The fraction of sp³-hybridized carbons (Fsp3) is 0.273. The summed E-state index contributed by atoms with van der Waals surface area (Å²) in [6.45, 7) is 7.66. The monoisotopic (exact) mass is 490 g/mol. The number of hydrogen-bond acceptors (Lipinski definition) is 2. The Morgan fingerprint density at radius 1 is 1.12 bits per heavy atom. The summed E-state index contributed by atoms with van der Waals surface area (Å²) < 4.78 is 8.17. The highest BCUT2D eigenvalue weighted by atomic mass is 79.9. The summed E-state index contributed by atoms with van der Waals surface area (Å²) in [5.74, 6) is 0.719. The van der Waals surface area contributed by atoms with Crippen molar-refractivity contribution in [2.24, 2.45) is 0 Å². The lowest BCUT2D eigenvalue weighted by Gasteiger charge is -2.19. The van der Waals surface area contributed by atoms with Crippen LogP contribution >= 0.6 is 63.7 Å². The van der Waals surface area contributed by atoms with Crippen LogP contribution in [0, 0.1) is 0 Å². The molecule has 0 amide bonds. The molecule has 0 fully saturated rings. The van der Waals surface area contributed by atoms with Crippen molar-refractivity contribution < 1.29 is 9.84 Å². The highest BCUT2D eigenvalue weighted by Crippen LogP contribution is 2.50. The first-order chi connectivity index (χ1) is 7.77. The van der Waals surface area contributed by atoms with Crippen LogP contribution in [-0.2, 0) is 0 Å². The van der Waals surface area contributed by atoms with E-state index in [4.69, 9.17) is 4.74 Å². The van der Waals surface area contributed by atoms with Gasteiger partial charge in [-0.3, -0.25) is 0 Å². The average Bonchev–Trinajstić information content (AvgIpc) is 2.29. The van der Waals surface area contributed by atoms with Gasteiger partial charge in [-0.1, -0.05) is 6.58 Å². The van der Waals surface area contributed by atoms with Crippen LogP contribution in [0.3, 0.4) is 0 Å². The second kappa shape index (κ2) is 6.08. The molecule has 1 aromatic carbocycles. The molecule has 0 aliphatic heterocycles. The minimum atomic E-state index is -0.119. The van der Waals surface area contributed by atoms with Gasteiger partial charge >= 0.3 is 0 Å². The number of phenolic OH excluding ortho intramolecular Hbond substituents is 1. The van der Waals surface area contributed by atoms with Crippen LogP contribution in [0.4, 0.5) is 0 Å². The third-order valence-electron chi connectivity index (χ3n) is 2.19. The first kappa shape index (κ1) is 15.5. The van der Waals surface area contributed by atoms with Gasteiger partial charge in [-0.05, 0) is 83.1 Å². The van der Waals surface area contributed by atoms with Crippen molar-refractivity contribution in [3.8, 4) is 11.5 Å². The molecular weight excluding hydrogens is 484 g/mol. The van der Waals surface area contributed by atoms with E-state index >= 15 is 0 Å². The quantitative estimate of drug-likeness (QED) is 0.427. The lowest BCUT2D eigenvalue weighted by atomic mass is 10.2. The number of rotatable bonds is 3. The molecule has 94 valence electrons. The van der Waals surface area contributed by atoms with Gasteiger partial charge in [0.15, 0.2) is 5.75 Å². The zero-order valence-corrected chi connectivity index (χ0v) is 15.5. The topological polar surface area (TPSA) is 29.5 Å². The molecule has 0 aliphatic carbocycles. The second-order valence-electron chi connectivity index (χ2n) is 3.54. The molecule has 6 heteroatoms. The normalized spacial score (nSPS) is 12.4. The number of hydrogen-bond donors (Lipinski definition) is 1. The van der Waals surface area contributed by atoms with E-state index in [0.29, 0.717) is 23.6 Å². The predicted octanol–water partition coefficient (Wildman–Crippen LogP) is 5.79. The molecule has 0 spiro atoms. The number of halogens is 4. The van der Waals surface area contributed by atoms with Crippen molar-refractivity contribution >= 4 is 63.7 Å². The smallest absolute Gasteiger partial charge is 0.151 e. The van der Waals surface area contributed by atoms with E-state index in [-0.39, 0.29) is 11.9 Å². The minimum absolute atomic E-state index is 0.110. The van der Waals surface area contributed by atoms with E-state index < -0.39 is 0 Å². The fourth-order valence-corrected chi connectivity index (χ4v) is 3.23. The summed E-state index contributed by atoms with van der Waals surface area (Å²) >= 11 is 13.3. The Labute approximate surface area is 134 Å². The first-order valence-electron chi connectivity index (χ1n) is 4.64. The summed E-state index contributed by atoms with van der Waals surface area (Å²) in [4.78, 5) is 0. The molecule has 0 heterocycles. The molecule has 0 saturated heterocycles. The summed E-state index contributed by atoms with van der Waals surface area (Å²) in [6, 6.07) is 0. The Bertz CT molecular complexity index is 442. The average molecular weight is 494 g/mol. The van der Waals surface area contributed by atoms with E-state index in [9.17, 15) is 5.11 Å². The number of benzene rings is 1. The molecule has 1 N–H and O–H groups in total. The van der Waals surface area contributed by atoms with Crippen molar-refractivity contribution in [1.82, 2.24) is 0 Å². The maximum Gasteiger partial charge on any atom is 0.151 e. The van der Waals surface area contributed by atoms with Gasteiger partial charge in [0.1, 0.15) is 11.9 Å². The SMILES string of the molecule is C=C(C)C(C)Oc1c(Br)c(Br)c(O)c(Br)c1Br. The zero-order chi connectivity index (χ0) is 13.3. The number of ether oxygens (including phenoxy) is 1. The van der Waals surface area contributed by atoms with Crippen molar-refractivity contribution in [3.63, 3.8) is 0 Å². The van der Waals surface area contributed by atoms with Crippen LogP contribution in [0.2, 0.25) is 0 Å². The van der Waals surface area contributed by atoms with E-state index in [1.807, 2.05) is 13.8 Å². The van der Waals surface area contributed by atoms with Crippen LogP contribution in [-0.4, -0.2) is 11.2 Å². The summed E-state index contributed by atoms with van der Waals surface area (Å²) in [6.07, 6.45) is -0.119. The minimum Gasteiger partial charge on any atom is -0.505 e. The fourth-order valence-electron chi connectivity index (χ4n) is 0.981. The van der Waals surface area contributed by atoms with Gasteiger partial charge < -0.3 is 9.84 Å². The molecule has 0 bridgehead atoms. The van der Waals surface area contributed by atoms with Crippen molar-refractivity contribution in [2.45, 2.75) is 20.0 Å². The highest BCUT2D eigenvalue weighted by Gasteiger charge is 2.21. The lowest BCUT2D eigenvalue weighted by Crippen LogP contribution is -2.13. The summed E-state index contributed by atoms with van der Waals surface area (Å²) in [7, 11) is 0. The van der Waals surface area contributed by atoms with E-state index in [2.05, 4.69) is 70.3 Å². The van der Waals surface area contributed by atoms with Crippen molar-refractivity contribution in [2.75, 3.05) is 0 Å². The van der Waals surface area contributed by atoms with Crippen LogP contribution < -0.4 is 4.74 Å². The molecule has 0 radical (unpaired) electrons.